The summed E-state index contributed by atoms with van der Waals surface area (Å²) in [5.74, 6) is 1.47. The average molecular weight is 244 g/mol. The maximum Gasteiger partial charge on any atom is 0.245 e. The van der Waals surface area contributed by atoms with Gasteiger partial charge in [-0.3, -0.25) is 10.1 Å². The first kappa shape index (κ1) is 11.2. The molecule has 0 aliphatic carbocycles. The maximum absolute atomic E-state index is 5.88. The second-order valence-corrected chi connectivity index (χ2v) is 4.67. The van der Waals surface area contributed by atoms with Crippen LogP contribution < -0.4 is 10.6 Å². The minimum absolute atomic E-state index is 0.230. The molecule has 3 N–H and O–H groups in total. The highest BCUT2D eigenvalue weighted by atomic mass is 15.4. The molecular weight excluding hydrogens is 228 g/mol. The van der Waals surface area contributed by atoms with E-state index in [1.54, 1.807) is 6.20 Å². The molecule has 0 aromatic carbocycles. The number of nitrogens with one attached hydrogen (secondary N) is 1. The fourth-order valence-electron chi connectivity index (χ4n) is 2.10. The molecule has 1 atom stereocenters. The minimum Gasteiger partial charge on any atom is -0.338 e. The molecule has 6 heteroatoms. The molecule has 2 aromatic heterocycles. The van der Waals surface area contributed by atoms with Crippen LogP contribution in [0.4, 0.5) is 5.95 Å². The Morgan fingerprint density at radius 3 is 3.00 bits per heavy atom. The number of pyridine rings is 1. The van der Waals surface area contributed by atoms with E-state index in [1.807, 2.05) is 19.1 Å². The van der Waals surface area contributed by atoms with E-state index in [0.29, 0.717) is 0 Å². The Bertz CT molecular complexity index is 532. The van der Waals surface area contributed by atoms with Gasteiger partial charge in [0.1, 0.15) is 0 Å². The van der Waals surface area contributed by atoms with E-state index in [4.69, 9.17) is 5.73 Å². The van der Waals surface area contributed by atoms with Crippen molar-refractivity contribution in [2.24, 2.45) is 5.73 Å². The third kappa shape index (κ3) is 2.06. The molecule has 0 spiro atoms. The predicted molar refractivity (Wildman–Crippen MR) is 69.2 cm³/mol. The van der Waals surface area contributed by atoms with Gasteiger partial charge in [0.15, 0.2) is 5.82 Å². The number of aromatic amines is 1. The predicted octanol–water partition coefficient (Wildman–Crippen LogP) is 0.713. The molecule has 0 radical (unpaired) electrons. The molecule has 1 unspecified atom stereocenters. The number of anilines is 1. The van der Waals surface area contributed by atoms with Gasteiger partial charge in [0.2, 0.25) is 5.95 Å². The normalized spacial score (nSPS) is 19.4. The van der Waals surface area contributed by atoms with Gasteiger partial charge in [-0.05, 0) is 25.5 Å². The number of aromatic nitrogens is 4. The number of hydrogen-bond acceptors (Lipinski definition) is 5. The van der Waals surface area contributed by atoms with Crippen LogP contribution in [0, 0.1) is 6.92 Å². The Morgan fingerprint density at radius 1 is 1.44 bits per heavy atom. The summed E-state index contributed by atoms with van der Waals surface area (Å²) in [5, 5.41) is 7.19. The van der Waals surface area contributed by atoms with Crippen molar-refractivity contribution >= 4 is 5.95 Å². The summed E-state index contributed by atoms with van der Waals surface area (Å²) in [6, 6.07) is 4.18. The SMILES string of the molecule is Cc1ccc(-c2nc(N3CCC(N)C3)n[nH]2)cn1. The van der Waals surface area contributed by atoms with E-state index in [-0.39, 0.29) is 6.04 Å². The Morgan fingerprint density at radius 2 is 2.33 bits per heavy atom. The number of H-pyrrole nitrogens is 1. The van der Waals surface area contributed by atoms with Crippen molar-refractivity contribution in [3.63, 3.8) is 0 Å². The summed E-state index contributed by atoms with van der Waals surface area (Å²) < 4.78 is 0. The Kier molecular flexibility index (Phi) is 2.71. The first-order chi connectivity index (χ1) is 8.72. The Balaban J connectivity index is 1.83. The molecular formula is C12H16N6. The second-order valence-electron chi connectivity index (χ2n) is 4.67. The van der Waals surface area contributed by atoms with E-state index in [0.717, 1.165) is 42.5 Å². The van der Waals surface area contributed by atoms with Gasteiger partial charge in [-0.1, -0.05) is 0 Å². The van der Waals surface area contributed by atoms with E-state index >= 15 is 0 Å². The lowest BCUT2D eigenvalue weighted by molar-refractivity contribution is 0.750. The Hall–Kier alpha value is -1.95. The molecule has 1 fully saturated rings. The van der Waals surface area contributed by atoms with Gasteiger partial charge >= 0.3 is 0 Å². The molecule has 1 aliphatic heterocycles. The lowest BCUT2D eigenvalue weighted by Crippen LogP contribution is -2.26. The van der Waals surface area contributed by atoms with Gasteiger partial charge in [0.25, 0.3) is 0 Å². The van der Waals surface area contributed by atoms with Crippen LogP contribution in [0.1, 0.15) is 12.1 Å². The fourth-order valence-corrected chi connectivity index (χ4v) is 2.10. The van der Waals surface area contributed by atoms with E-state index in [9.17, 15) is 0 Å². The molecule has 18 heavy (non-hydrogen) atoms. The van der Waals surface area contributed by atoms with Gasteiger partial charge in [0, 0.05) is 36.6 Å². The molecule has 1 saturated heterocycles. The molecule has 94 valence electrons. The molecule has 3 heterocycles. The zero-order valence-corrected chi connectivity index (χ0v) is 10.3. The molecule has 2 aromatic rings. The first-order valence-electron chi connectivity index (χ1n) is 6.08. The second kappa shape index (κ2) is 4.38. The largest absolute Gasteiger partial charge is 0.338 e. The molecule has 0 bridgehead atoms. The van der Waals surface area contributed by atoms with Crippen LogP contribution in [0.25, 0.3) is 11.4 Å². The highest BCUT2D eigenvalue weighted by molar-refractivity contribution is 5.55. The van der Waals surface area contributed by atoms with E-state index in [1.165, 1.54) is 0 Å². The number of rotatable bonds is 2. The van der Waals surface area contributed by atoms with Crippen LogP contribution in [-0.2, 0) is 0 Å². The van der Waals surface area contributed by atoms with E-state index < -0.39 is 0 Å². The monoisotopic (exact) mass is 244 g/mol. The number of nitrogens with zero attached hydrogens (tertiary/aromatic N) is 4. The van der Waals surface area contributed by atoms with Gasteiger partial charge in [0.05, 0.1) is 0 Å². The van der Waals surface area contributed by atoms with Crippen molar-refractivity contribution in [1.82, 2.24) is 20.2 Å². The zero-order chi connectivity index (χ0) is 12.5. The smallest absolute Gasteiger partial charge is 0.245 e. The fraction of sp³-hybridized carbons (Fsp3) is 0.417. The van der Waals surface area contributed by atoms with Crippen LogP contribution in [0.3, 0.4) is 0 Å². The summed E-state index contributed by atoms with van der Waals surface area (Å²) in [6.07, 6.45) is 2.80. The van der Waals surface area contributed by atoms with Crippen LogP contribution >= 0.6 is 0 Å². The van der Waals surface area contributed by atoms with Gasteiger partial charge < -0.3 is 10.6 Å². The molecule has 1 aliphatic rings. The van der Waals surface area contributed by atoms with E-state index in [2.05, 4.69) is 25.1 Å². The third-order valence-electron chi connectivity index (χ3n) is 3.17. The van der Waals surface area contributed by atoms with Gasteiger partial charge in [-0.25, -0.2) is 0 Å². The van der Waals surface area contributed by atoms with Crippen molar-refractivity contribution in [3.05, 3.63) is 24.0 Å². The lowest BCUT2D eigenvalue weighted by Gasteiger charge is -2.11. The van der Waals surface area contributed by atoms with Crippen LogP contribution in [0.5, 0.6) is 0 Å². The molecule has 0 saturated carbocycles. The first-order valence-corrected chi connectivity index (χ1v) is 6.08. The molecule has 0 amide bonds. The van der Waals surface area contributed by atoms with Crippen molar-refractivity contribution in [1.29, 1.82) is 0 Å². The van der Waals surface area contributed by atoms with Gasteiger partial charge in [-0.15, -0.1) is 5.10 Å². The van der Waals surface area contributed by atoms with Crippen LogP contribution in [-0.4, -0.2) is 39.3 Å². The number of aryl methyl sites for hydroxylation is 1. The topological polar surface area (TPSA) is 83.7 Å². The summed E-state index contributed by atoms with van der Waals surface area (Å²) in [4.78, 5) is 10.8. The third-order valence-corrected chi connectivity index (χ3v) is 3.17. The summed E-state index contributed by atoms with van der Waals surface area (Å²) in [6.45, 7) is 3.70. The van der Waals surface area contributed by atoms with Crippen molar-refractivity contribution in [2.45, 2.75) is 19.4 Å². The quantitative estimate of drug-likeness (QED) is 0.813. The van der Waals surface area contributed by atoms with Crippen molar-refractivity contribution < 1.29 is 0 Å². The Labute approximate surface area is 105 Å². The minimum atomic E-state index is 0.230. The highest BCUT2D eigenvalue weighted by Gasteiger charge is 2.22. The van der Waals surface area contributed by atoms with Crippen LogP contribution in [0.2, 0.25) is 0 Å². The summed E-state index contributed by atoms with van der Waals surface area (Å²) in [5.41, 5.74) is 7.82. The lowest BCUT2D eigenvalue weighted by atomic mass is 10.2. The zero-order valence-electron chi connectivity index (χ0n) is 10.3. The number of nitrogens with two attached hydrogens (primary N) is 1. The van der Waals surface area contributed by atoms with Gasteiger partial charge in [-0.2, -0.15) is 4.98 Å². The standard InChI is InChI=1S/C12H16N6/c1-8-2-3-9(6-14-8)11-15-12(17-16-11)18-5-4-10(13)7-18/h2-3,6,10H,4-5,7,13H2,1H3,(H,15,16,17). The van der Waals surface area contributed by atoms with Crippen molar-refractivity contribution in [2.75, 3.05) is 18.0 Å². The molecule has 3 rings (SSSR count). The maximum atomic E-state index is 5.88. The number of hydrogen-bond donors (Lipinski definition) is 2. The van der Waals surface area contributed by atoms with Crippen molar-refractivity contribution in [3.8, 4) is 11.4 Å². The highest BCUT2D eigenvalue weighted by Crippen LogP contribution is 2.19. The van der Waals surface area contributed by atoms with Crippen LogP contribution in [0.15, 0.2) is 18.3 Å². The summed E-state index contributed by atoms with van der Waals surface area (Å²) >= 11 is 0. The summed E-state index contributed by atoms with van der Waals surface area (Å²) in [7, 11) is 0. The average Bonchev–Trinajstić information content (AvgIpc) is 2.98. The molecule has 6 nitrogen and oxygen atoms in total.